The lowest BCUT2D eigenvalue weighted by Crippen LogP contribution is -2.26. The average molecular weight is 406 g/mol. The highest BCUT2D eigenvalue weighted by molar-refractivity contribution is 8.14. The third-order valence-electron chi connectivity index (χ3n) is 3.93. The highest BCUT2D eigenvalue weighted by atomic mass is 32.2. The minimum Gasteiger partial charge on any atom is -0.318 e. The summed E-state index contributed by atoms with van der Waals surface area (Å²) in [7, 11) is 0. The maximum atomic E-state index is 13.0. The van der Waals surface area contributed by atoms with Crippen molar-refractivity contribution >= 4 is 41.5 Å². The zero-order valence-corrected chi connectivity index (χ0v) is 17.0. The highest BCUT2D eigenvalue weighted by Crippen LogP contribution is 2.29. The van der Waals surface area contributed by atoms with Crippen LogP contribution in [0.25, 0.3) is 6.08 Å². The number of carbonyl (C=O) groups excluding carboxylic acids is 2. The zero-order valence-electron chi connectivity index (χ0n) is 15.3. The molecule has 140 valence electrons. The van der Waals surface area contributed by atoms with Crippen LogP contribution < -0.4 is 5.32 Å². The summed E-state index contributed by atoms with van der Waals surface area (Å²) < 4.78 is 0. The Morgan fingerprint density at radius 3 is 2.21 bits per heavy atom. The molecule has 3 aromatic rings. The van der Waals surface area contributed by atoms with E-state index in [0.29, 0.717) is 5.56 Å². The van der Waals surface area contributed by atoms with Gasteiger partial charge in [-0.1, -0.05) is 54.6 Å². The summed E-state index contributed by atoms with van der Waals surface area (Å²) in [5.41, 5.74) is 2.61. The van der Waals surface area contributed by atoms with E-state index >= 15 is 0 Å². The fourth-order valence-corrected chi connectivity index (χ4v) is 3.65. The van der Waals surface area contributed by atoms with Gasteiger partial charge in [-0.2, -0.15) is 0 Å². The van der Waals surface area contributed by atoms with E-state index < -0.39 is 0 Å². The standard InChI is InChI=1S/C23H19NO2S2/c1-16-12-13-21(20(27)14-16)28-23(26)19(15-17-8-4-2-5-9-17)24-22(25)18-10-6-3-7-11-18/h2-15,27H,1H3,(H,24,25)/b19-15+. The van der Waals surface area contributed by atoms with Crippen LogP contribution in [0.4, 0.5) is 0 Å². The van der Waals surface area contributed by atoms with Crippen LogP contribution in [-0.2, 0) is 4.79 Å². The van der Waals surface area contributed by atoms with Crippen molar-refractivity contribution in [1.29, 1.82) is 0 Å². The van der Waals surface area contributed by atoms with Crippen LogP contribution in [0.3, 0.4) is 0 Å². The zero-order chi connectivity index (χ0) is 19.9. The van der Waals surface area contributed by atoms with Gasteiger partial charge in [0, 0.05) is 15.4 Å². The first-order valence-electron chi connectivity index (χ1n) is 8.68. The molecule has 0 unspecified atom stereocenters. The van der Waals surface area contributed by atoms with Crippen LogP contribution in [0.15, 0.2) is 94.4 Å². The molecule has 0 spiro atoms. The Kier molecular flexibility index (Phi) is 6.74. The van der Waals surface area contributed by atoms with Gasteiger partial charge in [-0.15, -0.1) is 12.6 Å². The van der Waals surface area contributed by atoms with Gasteiger partial charge in [0.2, 0.25) is 5.12 Å². The topological polar surface area (TPSA) is 46.2 Å². The van der Waals surface area contributed by atoms with Crippen molar-refractivity contribution in [3.8, 4) is 0 Å². The first-order chi connectivity index (χ1) is 13.5. The van der Waals surface area contributed by atoms with Crippen LogP contribution in [0.5, 0.6) is 0 Å². The smallest absolute Gasteiger partial charge is 0.255 e. The molecule has 0 aliphatic heterocycles. The molecule has 0 aromatic heterocycles. The molecule has 1 N–H and O–H groups in total. The van der Waals surface area contributed by atoms with E-state index in [-0.39, 0.29) is 16.7 Å². The number of carbonyl (C=O) groups is 2. The van der Waals surface area contributed by atoms with Crippen molar-refractivity contribution in [2.45, 2.75) is 16.7 Å². The number of amides is 1. The molecular weight excluding hydrogens is 386 g/mol. The molecule has 0 aliphatic rings. The van der Waals surface area contributed by atoms with Crippen molar-refractivity contribution in [1.82, 2.24) is 5.32 Å². The van der Waals surface area contributed by atoms with Gasteiger partial charge in [0.15, 0.2) is 0 Å². The number of benzene rings is 3. The largest absolute Gasteiger partial charge is 0.318 e. The molecule has 0 heterocycles. The molecule has 0 fully saturated rings. The lowest BCUT2D eigenvalue weighted by molar-refractivity contribution is -0.108. The van der Waals surface area contributed by atoms with Crippen molar-refractivity contribution in [3.63, 3.8) is 0 Å². The van der Waals surface area contributed by atoms with E-state index in [4.69, 9.17) is 0 Å². The molecule has 0 radical (unpaired) electrons. The summed E-state index contributed by atoms with van der Waals surface area (Å²) in [5.74, 6) is -0.327. The van der Waals surface area contributed by atoms with Crippen molar-refractivity contribution in [2.24, 2.45) is 0 Å². The Morgan fingerprint density at radius 1 is 0.929 bits per heavy atom. The Morgan fingerprint density at radius 2 is 1.57 bits per heavy atom. The maximum Gasteiger partial charge on any atom is 0.255 e. The lowest BCUT2D eigenvalue weighted by atomic mass is 10.2. The Labute approximate surface area is 174 Å². The first-order valence-corrected chi connectivity index (χ1v) is 9.94. The molecule has 0 saturated carbocycles. The summed E-state index contributed by atoms with van der Waals surface area (Å²) in [6.45, 7) is 1.97. The SMILES string of the molecule is Cc1ccc(SC(=O)/C(=C\c2ccccc2)NC(=O)c2ccccc2)c(S)c1. The third-order valence-corrected chi connectivity index (χ3v) is 5.43. The van der Waals surface area contributed by atoms with E-state index in [1.165, 1.54) is 0 Å². The van der Waals surface area contributed by atoms with Crippen LogP contribution in [-0.4, -0.2) is 11.0 Å². The van der Waals surface area contributed by atoms with Crippen molar-refractivity contribution in [2.75, 3.05) is 0 Å². The van der Waals surface area contributed by atoms with Crippen LogP contribution in [0.2, 0.25) is 0 Å². The Balaban J connectivity index is 1.88. The van der Waals surface area contributed by atoms with Gasteiger partial charge in [0.25, 0.3) is 5.91 Å². The molecule has 28 heavy (non-hydrogen) atoms. The minimum absolute atomic E-state index is 0.221. The van der Waals surface area contributed by atoms with E-state index in [1.54, 1.807) is 30.3 Å². The van der Waals surface area contributed by atoms with Gasteiger partial charge in [-0.05, 0) is 60.2 Å². The van der Waals surface area contributed by atoms with Crippen LogP contribution in [0.1, 0.15) is 21.5 Å². The van der Waals surface area contributed by atoms with Gasteiger partial charge in [-0.25, -0.2) is 0 Å². The predicted octanol–water partition coefficient (Wildman–Crippen LogP) is 5.37. The van der Waals surface area contributed by atoms with Gasteiger partial charge < -0.3 is 5.32 Å². The molecule has 3 nitrogen and oxygen atoms in total. The maximum absolute atomic E-state index is 13.0. The van der Waals surface area contributed by atoms with Gasteiger partial charge >= 0.3 is 0 Å². The van der Waals surface area contributed by atoms with Crippen molar-refractivity contribution in [3.05, 3.63) is 101 Å². The second-order valence-corrected chi connectivity index (χ2v) is 7.65. The Bertz CT molecular complexity index is 1020. The minimum atomic E-state index is -0.327. The molecule has 0 bridgehead atoms. The number of thioether (sulfide) groups is 1. The van der Waals surface area contributed by atoms with E-state index in [2.05, 4.69) is 17.9 Å². The molecule has 0 saturated heterocycles. The lowest BCUT2D eigenvalue weighted by Gasteiger charge is -2.11. The summed E-state index contributed by atoms with van der Waals surface area (Å²) >= 11 is 5.50. The van der Waals surface area contributed by atoms with Gasteiger partial charge in [-0.3, -0.25) is 9.59 Å². The molecule has 3 rings (SSSR count). The fourth-order valence-electron chi connectivity index (χ4n) is 2.51. The molecule has 3 aromatic carbocycles. The molecule has 0 atom stereocenters. The number of nitrogens with one attached hydrogen (secondary N) is 1. The number of thiol groups is 1. The Hall–Kier alpha value is -2.76. The summed E-state index contributed by atoms with van der Waals surface area (Å²) in [4.78, 5) is 27.0. The molecule has 1 amide bonds. The second kappa shape index (κ2) is 9.44. The molecular formula is C23H19NO2S2. The molecule has 0 aliphatic carbocycles. The van der Waals surface area contributed by atoms with Gasteiger partial charge in [0.05, 0.1) is 5.70 Å². The van der Waals surface area contributed by atoms with Crippen LogP contribution >= 0.6 is 24.4 Å². The van der Waals surface area contributed by atoms with Crippen molar-refractivity contribution < 1.29 is 9.59 Å². The second-order valence-electron chi connectivity index (χ2n) is 6.15. The first kappa shape index (κ1) is 20.0. The number of rotatable bonds is 5. The summed E-state index contributed by atoms with van der Waals surface area (Å²) in [6, 6.07) is 23.9. The summed E-state index contributed by atoms with van der Waals surface area (Å²) in [6.07, 6.45) is 1.68. The van der Waals surface area contributed by atoms with E-state index in [0.717, 1.165) is 32.7 Å². The number of aryl methyl sites for hydroxylation is 1. The average Bonchev–Trinajstić information content (AvgIpc) is 2.71. The number of hydrogen-bond acceptors (Lipinski definition) is 4. The quantitative estimate of drug-likeness (QED) is 0.341. The van der Waals surface area contributed by atoms with Gasteiger partial charge in [0.1, 0.15) is 0 Å². The fraction of sp³-hybridized carbons (Fsp3) is 0.0435. The third kappa shape index (κ3) is 5.38. The number of hydrogen-bond donors (Lipinski definition) is 2. The highest BCUT2D eigenvalue weighted by Gasteiger charge is 2.17. The van der Waals surface area contributed by atoms with E-state index in [1.807, 2.05) is 61.5 Å². The van der Waals surface area contributed by atoms with E-state index in [9.17, 15) is 9.59 Å². The van der Waals surface area contributed by atoms with Crippen LogP contribution in [0, 0.1) is 6.92 Å². The summed E-state index contributed by atoms with van der Waals surface area (Å²) in [5, 5.41) is 2.50. The predicted molar refractivity (Wildman–Crippen MR) is 118 cm³/mol. The molecule has 5 heteroatoms. The normalized spacial score (nSPS) is 11.1. The monoisotopic (exact) mass is 405 g/mol.